The molecule has 0 radical (unpaired) electrons. The summed E-state index contributed by atoms with van der Waals surface area (Å²) in [5.41, 5.74) is 1.33. The molecule has 3 rings (SSSR count). The van der Waals surface area contributed by atoms with Gasteiger partial charge in [-0.15, -0.1) is 10.2 Å². The molecule has 6 heteroatoms. The van der Waals surface area contributed by atoms with Crippen molar-refractivity contribution in [2.75, 3.05) is 11.4 Å². The Balaban J connectivity index is 1.83. The molecule has 3 aromatic rings. The number of furan rings is 1. The molecular formula is C18H16N4O2. The van der Waals surface area contributed by atoms with Gasteiger partial charge in [0.25, 0.3) is 0 Å². The van der Waals surface area contributed by atoms with Crippen LogP contribution in [0.15, 0.2) is 65.3 Å². The molecule has 0 aliphatic heterocycles. The molecule has 0 bridgehead atoms. The van der Waals surface area contributed by atoms with E-state index >= 15 is 0 Å². The fourth-order valence-corrected chi connectivity index (χ4v) is 2.38. The van der Waals surface area contributed by atoms with E-state index < -0.39 is 6.10 Å². The Morgan fingerprint density at radius 3 is 2.54 bits per heavy atom. The lowest BCUT2D eigenvalue weighted by Gasteiger charge is -2.25. The maximum Gasteiger partial charge on any atom is 0.163 e. The third kappa shape index (κ3) is 3.77. The van der Waals surface area contributed by atoms with Gasteiger partial charge in [-0.05, 0) is 29.8 Å². The molecule has 24 heavy (non-hydrogen) atoms. The van der Waals surface area contributed by atoms with E-state index in [-0.39, 0.29) is 5.69 Å². The van der Waals surface area contributed by atoms with Crippen molar-refractivity contribution < 1.29 is 9.52 Å². The van der Waals surface area contributed by atoms with Crippen LogP contribution in [0.4, 0.5) is 5.82 Å². The summed E-state index contributed by atoms with van der Waals surface area (Å²) >= 11 is 0. The minimum absolute atomic E-state index is 0.255. The SMILES string of the molecule is N#Cc1ccc(N(Cc2ccccc2)CC(O)c2ccco2)nn1. The highest BCUT2D eigenvalue weighted by Crippen LogP contribution is 2.20. The Bertz CT molecular complexity index is 795. The zero-order valence-electron chi connectivity index (χ0n) is 12.9. The van der Waals surface area contributed by atoms with Crippen molar-refractivity contribution >= 4 is 5.82 Å². The van der Waals surface area contributed by atoms with Crippen molar-refractivity contribution in [3.63, 3.8) is 0 Å². The second kappa shape index (κ2) is 7.40. The van der Waals surface area contributed by atoms with Crippen LogP contribution in [0.1, 0.15) is 23.1 Å². The van der Waals surface area contributed by atoms with Gasteiger partial charge >= 0.3 is 0 Å². The summed E-state index contributed by atoms with van der Waals surface area (Å²) in [5.74, 6) is 1.08. The molecule has 0 saturated heterocycles. The maximum atomic E-state index is 10.4. The van der Waals surface area contributed by atoms with Crippen LogP contribution in [0.3, 0.4) is 0 Å². The van der Waals surface area contributed by atoms with Crippen molar-refractivity contribution in [1.29, 1.82) is 5.26 Å². The third-order valence-electron chi connectivity index (χ3n) is 3.57. The van der Waals surface area contributed by atoms with E-state index in [0.717, 1.165) is 5.56 Å². The molecule has 2 heterocycles. The fraction of sp³-hybridized carbons (Fsp3) is 0.167. The summed E-state index contributed by atoms with van der Waals surface area (Å²) in [6.45, 7) is 0.849. The molecule has 120 valence electrons. The number of aliphatic hydroxyl groups is 1. The Hall–Kier alpha value is -3.17. The summed E-state index contributed by atoms with van der Waals surface area (Å²) in [7, 11) is 0. The molecule has 0 saturated carbocycles. The van der Waals surface area contributed by atoms with Gasteiger partial charge in [0.05, 0.1) is 12.8 Å². The Morgan fingerprint density at radius 2 is 1.92 bits per heavy atom. The molecule has 1 atom stereocenters. The van der Waals surface area contributed by atoms with Crippen LogP contribution in [-0.4, -0.2) is 21.8 Å². The summed E-state index contributed by atoms with van der Waals surface area (Å²) in [6.07, 6.45) is 0.739. The molecule has 1 aromatic carbocycles. The Labute approximate surface area is 139 Å². The van der Waals surface area contributed by atoms with Gasteiger partial charge in [0.15, 0.2) is 11.5 Å². The largest absolute Gasteiger partial charge is 0.467 e. The van der Waals surface area contributed by atoms with Gasteiger partial charge in [-0.3, -0.25) is 0 Å². The van der Waals surface area contributed by atoms with Gasteiger partial charge in [-0.1, -0.05) is 30.3 Å². The minimum Gasteiger partial charge on any atom is -0.467 e. The van der Waals surface area contributed by atoms with Gasteiger partial charge in [0.2, 0.25) is 0 Å². The lowest BCUT2D eigenvalue weighted by molar-refractivity contribution is 0.154. The topological polar surface area (TPSA) is 86.2 Å². The van der Waals surface area contributed by atoms with Crippen LogP contribution in [0.5, 0.6) is 0 Å². The van der Waals surface area contributed by atoms with Crippen LogP contribution in [0.25, 0.3) is 0 Å². The highest BCUT2D eigenvalue weighted by molar-refractivity contribution is 5.40. The standard InChI is InChI=1S/C18H16N4O2/c19-11-15-8-9-18(21-20-15)22(12-14-5-2-1-3-6-14)13-16(23)17-7-4-10-24-17/h1-10,16,23H,12-13H2. The first-order valence-electron chi connectivity index (χ1n) is 7.50. The van der Waals surface area contributed by atoms with Crippen molar-refractivity contribution in [3.05, 3.63) is 77.9 Å². The number of hydrogen-bond acceptors (Lipinski definition) is 6. The predicted octanol–water partition coefficient (Wildman–Crippen LogP) is 2.68. The Kier molecular flexibility index (Phi) is 4.84. The lowest BCUT2D eigenvalue weighted by Crippen LogP contribution is -2.29. The Morgan fingerprint density at radius 1 is 1.08 bits per heavy atom. The number of nitriles is 1. The zero-order valence-corrected chi connectivity index (χ0v) is 12.9. The molecule has 0 aliphatic rings. The first-order chi connectivity index (χ1) is 11.8. The maximum absolute atomic E-state index is 10.4. The number of nitrogens with zero attached hydrogens (tertiary/aromatic N) is 4. The highest BCUT2D eigenvalue weighted by atomic mass is 16.4. The van der Waals surface area contributed by atoms with E-state index in [1.54, 1.807) is 24.3 Å². The molecule has 0 amide bonds. The normalized spacial score (nSPS) is 11.7. The number of hydrogen-bond donors (Lipinski definition) is 1. The molecule has 0 aliphatic carbocycles. The van der Waals surface area contributed by atoms with Crippen molar-refractivity contribution in [1.82, 2.24) is 10.2 Å². The van der Waals surface area contributed by atoms with Gasteiger partial charge in [-0.25, -0.2) is 0 Å². The monoisotopic (exact) mass is 320 g/mol. The van der Waals surface area contributed by atoms with Crippen LogP contribution < -0.4 is 4.90 Å². The quantitative estimate of drug-likeness (QED) is 0.751. The van der Waals surface area contributed by atoms with E-state index in [9.17, 15) is 5.11 Å². The average molecular weight is 320 g/mol. The molecule has 1 unspecified atom stereocenters. The number of rotatable bonds is 6. The molecule has 0 fully saturated rings. The highest BCUT2D eigenvalue weighted by Gasteiger charge is 2.18. The molecule has 0 spiro atoms. The zero-order chi connectivity index (χ0) is 16.8. The van der Waals surface area contributed by atoms with Crippen molar-refractivity contribution in [2.24, 2.45) is 0 Å². The molecule has 6 nitrogen and oxygen atoms in total. The first-order valence-corrected chi connectivity index (χ1v) is 7.50. The van der Waals surface area contributed by atoms with Crippen molar-refractivity contribution in [3.8, 4) is 6.07 Å². The summed E-state index contributed by atoms with van der Waals surface area (Å²) in [5, 5.41) is 27.2. The molecule has 2 aromatic heterocycles. The number of aliphatic hydroxyl groups excluding tert-OH is 1. The van der Waals surface area contributed by atoms with E-state index in [2.05, 4.69) is 10.2 Å². The smallest absolute Gasteiger partial charge is 0.163 e. The van der Waals surface area contributed by atoms with Gasteiger partial charge in [-0.2, -0.15) is 5.26 Å². The second-order valence-corrected chi connectivity index (χ2v) is 5.29. The summed E-state index contributed by atoms with van der Waals surface area (Å²) in [6, 6.07) is 18.6. The molecule has 1 N–H and O–H groups in total. The fourth-order valence-electron chi connectivity index (χ4n) is 2.38. The van der Waals surface area contributed by atoms with E-state index in [0.29, 0.717) is 24.7 Å². The minimum atomic E-state index is -0.791. The molecular weight excluding hydrogens is 304 g/mol. The van der Waals surface area contributed by atoms with Gasteiger partial charge < -0.3 is 14.4 Å². The predicted molar refractivity (Wildman–Crippen MR) is 87.9 cm³/mol. The van der Waals surface area contributed by atoms with E-state index in [1.807, 2.05) is 41.3 Å². The van der Waals surface area contributed by atoms with Crippen LogP contribution in [0, 0.1) is 11.3 Å². The summed E-state index contributed by atoms with van der Waals surface area (Å²) in [4.78, 5) is 1.90. The van der Waals surface area contributed by atoms with Crippen LogP contribution in [-0.2, 0) is 6.54 Å². The average Bonchev–Trinajstić information content (AvgIpc) is 3.17. The van der Waals surface area contributed by atoms with Gasteiger partial charge in [0, 0.05) is 6.54 Å². The van der Waals surface area contributed by atoms with Gasteiger partial charge in [0.1, 0.15) is 17.9 Å². The lowest BCUT2D eigenvalue weighted by atomic mass is 10.2. The third-order valence-corrected chi connectivity index (χ3v) is 3.57. The summed E-state index contributed by atoms with van der Waals surface area (Å²) < 4.78 is 5.26. The van der Waals surface area contributed by atoms with E-state index in [1.165, 1.54) is 6.26 Å². The number of aromatic nitrogens is 2. The van der Waals surface area contributed by atoms with Crippen LogP contribution in [0.2, 0.25) is 0 Å². The first kappa shape index (κ1) is 15.7. The number of anilines is 1. The van der Waals surface area contributed by atoms with Crippen LogP contribution >= 0.6 is 0 Å². The second-order valence-electron chi connectivity index (χ2n) is 5.29. The van der Waals surface area contributed by atoms with Crippen molar-refractivity contribution in [2.45, 2.75) is 12.6 Å². The van der Waals surface area contributed by atoms with E-state index in [4.69, 9.17) is 9.68 Å². The number of benzene rings is 1.